The van der Waals surface area contributed by atoms with Gasteiger partial charge < -0.3 is 28.6 Å². The van der Waals surface area contributed by atoms with Crippen LogP contribution in [0.3, 0.4) is 0 Å². The van der Waals surface area contributed by atoms with Crippen LogP contribution in [0.25, 0.3) is 11.3 Å². The van der Waals surface area contributed by atoms with Crippen LogP contribution in [0.5, 0.6) is 11.5 Å². The fourth-order valence-corrected chi connectivity index (χ4v) is 4.69. The van der Waals surface area contributed by atoms with E-state index in [1.807, 2.05) is 41.3 Å². The summed E-state index contributed by atoms with van der Waals surface area (Å²) in [4.78, 5) is 31.7. The van der Waals surface area contributed by atoms with E-state index >= 15 is 0 Å². The summed E-state index contributed by atoms with van der Waals surface area (Å²) in [6.45, 7) is 2.99. The lowest BCUT2D eigenvalue weighted by Crippen LogP contribution is -2.44. The minimum Gasteiger partial charge on any atom is -0.493 e. The summed E-state index contributed by atoms with van der Waals surface area (Å²) in [7, 11) is 3.21. The van der Waals surface area contributed by atoms with Gasteiger partial charge in [0.1, 0.15) is 12.3 Å². The highest BCUT2D eigenvalue weighted by Crippen LogP contribution is 2.32. The number of amides is 2. The summed E-state index contributed by atoms with van der Waals surface area (Å²) in [6.07, 6.45) is 4.18. The van der Waals surface area contributed by atoms with Crippen molar-refractivity contribution in [2.45, 2.75) is 25.8 Å². The van der Waals surface area contributed by atoms with Crippen molar-refractivity contribution in [2.75, 3.05) is 51.8 Å². The van der Waals surface area contributed by atoms with E-state index in [2.05, 4.69) is 15.1 Å². The van der Waals surface area contributed by atoms with Crippen molar-refractivity contribution in [2.24, 2.45) is 5.92 Å². The van der Waals surface area contributed by atoms with E-state index in [9.17, 15) is 9.59 Å². The number of furan rings is 1. The molecule has 0 N–H and O–H groups in total. The molecule has 200 valence electrons. The Hall–Kier alpha value is -4.08. The van der Waals surface area contributed by atoms with E-state index in [1.54, 1.807) is 31.4 Å². The SMILES string of the molecule is COc1ccc(-c2ccc(N3CCCN(C(=O)CN(Cc4ccco4)C(=O)C4CC4)CC3)nn2)cc1OC. The second kappa shape index (κ2) is 11.5. The summed E-state index contributed by atoms with van der Waals surface area (Å²) in [6, 6.07) is 13.2. The van der Waals surface area contributed by atoms with Crippen LogP contribution in [0.15, 0.2) is 53.1 Å². The van der Waals surface area contributed by atoms with Crippen molar-refractivity contribution in [3.63, 3.8) is 0 Å². The van der Waals surface area contributed by atoms with Gasteiger partial charge in [0, 0.05) is 37.7 Å². The molecule has 38 heavy (non-hydrogen) atoms. The normalized spacial score (nSPS) is 15.6. The standard InChI is InChI=1S/C28H33N5O5/c1-36-24-10-8-21(17-25(24)37-2)23-9-11-26(30-29-23)31-12-4-13-32(15-14-31)27(34)19-33(28(35)20-6-7-20)18-22-5-3-16-38-22/h3,5,8-11,16-17,20H,4,6-7,12-15,18-19H2,1-2H3. The Balaban J connectivity index is 1.20. The second-order valence-electron chi connectivity index (χ2n) is 9.62. The van der Waals surface area contributed by atoms with Crippen molar-refractivity contribution in [3.05, 3.63) is 54.5 Å². The molecule has 0 radical (unpaired) electrons. The molecule has 1 aliphatic heterocycles. The molecule has 2 aliphatic rings. The van der Waals surface area contributed by atoms with Crippen molar-refractivity contribution >= 4 is 17.6 Å². The molecule has 10 nitrogen and oxygen atoms in total. The van der Waals surface area contributed by atoms with Crippen LogP contribution in [-0.4, -0.2) is 78.8 Å². The first-order chi connectivity index (χ1) is 18.6. The Kier molecular flexibility index (Phi) is 7.76. The van der Waals surface area contributed by atoms with Gasteiger partial charge >= 0.3 is 0 Å². The van der Waals surface area contributed by atoms with Crippen LogP contribution >= 0.6 is 0 Å². The topological polar surface area (TPSA) is 101 Å². The fraction of sp³-hybridized carbons (Fsp3) is 0.429. The number of anilines is 1. The smallest absolute Gasteiger partial charge is 0.242 e. The van der Waals surface area contributed by atoms with Crippen LogP contribution in [0.4, 0.5) is 5.82 Å². The zero-order valence-electron chi connectivity index (χ0n) is 21.8. The van der Waals surface area contributed by atoms with Gasteiger partial charge in [-0.05, 0) is 61.7 Å². The maximum atomic E-state index is 13.2. The Morgan fingerprint density at radius 2 is 1.84 bits per heavy atom. The van der Waals surface area contributed by atoms with Crippen molar-refractivity contribution < 1.29 is 23.5 Å². The van der Waals surface area contributed by atoms with E-state index < -0.39 is 0 Å². The Bertz CT molecular complexity index is 1240. The van der Waals surface area contributed by atoms with E-state index in [0.29, 0.717) is 43.4 Å². The third kappa shape index (κ3) is 5.90. The van der Waals surface area contributed by atoms with Crippen LogP contribution in [0.1, 0.15) is 25.0 Å². The lowest BCUT2D eigenvalue weighted by Gasteiger charge is -2.26. The number of hydrogen-bond acceptors (Lipinski definition) is 8. The molecule has 1 aromatic carbocycles. The van der Waals surface area contributed by atoms with Gasteiger partial charge in [0.25, 0.3) is 0 Å². The zero-order chi connectivity index (χ0) is 26.5. The Morgan fingerprint density at radius 1 is 1.00 bits per heavy atom. The lowest BCUT2D eigenvalue weighted by atomic mass is 10.1. The Morgan fingerprint density at radius 3 is 2.53 bits per heavy atom. The zero-order valence-corrected chi connectivity index (χ0v) is 21.8. The van der Waals surface area contributed by atoms with Crippen LogP contribution in [0.2, 0.25) is 0 Å². The van der Waals surface area contributed by atoms with Crippen molar-refractivity contribution in [1.82, 2.24) is 20.0 Å². The van der Waals surface area contributed by atoms with E-state index in [1.165, 1.54) is 0 Å². The number of aromatic nitrogens is 2. The highest BCUT2D eigenvalue weighted by molar-refractivity contribution is 5.87. The molecule has 0 unspecified atom stereocenters. The molecule has 2 amide bonds. The van der Waals surface area contributed by atoms with Crippen LogP contribution in [-0.2, 0) is 16.1 Å². The van der Waals surface area contributed by atoms with Crippen molar-refractivity contribution in [3.8, 4) is 22.8 Å². The van der Waals surface area contributed by atoms with Gasteiger partial charge in [-0.25, -0.2) is 0 Å². The molecule has 0 spiro atoms. The molecule has 5 rings (SSSR count). The number of hydrogen-bond donors (Lipinski definition) is 0. The largest absolute Gasteiger partial charge is 0.493 e. The molecule has 2 aromatic heterocycles. The molecule has 0 atom stereocenters. The quantitative estimate of drug-likeness (QED) is 0.425. The number of nitrogens with zero attached hydrogens (tertiary/aromatic N) is 5. The van der Waals surface area contributed by atoms with Gasteiger partial charge in [0.2, 0.25) is 11.8 Å². The van der Waals surface area contributed by atoms with Gasteiger partial charge in [-0.1, -0.05) is 0 Å². The number of methoxy groups -OCH3 is 2. The van der Waals surface area contributed by atoms with Gasteiger partial charge in [-0.2, -0.15) is 0 Å². The molecule has 1 aliphatic carbocycles. The first-order valence-electron chi connectivity index (χ1n) is 13.0. The van der Waals surface area contributed by atoms with E-state index in [-0.39, 0.29) is 24.3 Å². The third-order valence-corrected chi connectivity index (χ3v) is 6.99. The van der Waals surface area contributed by atoms with Gasteiger partial charge in [0.15, 0.2) is 17.3 Å². The maximum absolute atomic E-state index is 13.2. The van der Waals surface area contributed by atoms with Crippen molar-refractivity contribution in [1.29, 1.82) is 0 Å². The number of carbonyl (C=O) groups is 2. The van der Waals surface area contributed by atoms with Gasteiger partial charge in [0.05, 0.1) is 32.7 Å². The monoisotopic (exact) mass is 519 g/mol. The molecular formula is C28H33N5O5. The summed E-state index contributed by atoms with van der Waals surface area (Å²) >= 11 is 0. The molecule has 2 fully saturated rings. The number of rotatable bonds is 9. The first kappa shape index (κ1) is 25.6. The van der Waals surface area contributed by atoms with Crippen LogP contribution in [0, 0.1) is 5.92 Å². The molecular weight excluding hydrogens is 486 g/mol. The molecule has 3 aromatic rings. The third-order valence-electron chi connectivity index (χ3n) is 6.99. The molecule has 1 saturated carbocycles. The predicted octanol–water partition coefficient (Wildman–Crippen LogP) is 3.23. The van der Waals surface area contributed by atoms with E-state index in [0.717, 1.165) is 42.9 Å². The first-order valence-corrected chi connectivity index (χ1v) is 13.0. The fourth-order valence-electron chi connectivity index (χ4n) is 4.69. The second-order valence-corrected chi connectivity index (χ2v) is 9.62. The van der Waals surface area contributed by atoms with Gasteiger partial charge in [-0.15, -0.1) is 10.2 Å². The highest BCUT2D eigenvalue weighted by Gasteiger charge is 2.35. The number of carbonyl (C=O) groups excluding carboxylic acids is 2. The molecule has 3 heterocycles. The molecule has 1 saturated heterocycles. The van der Waals surface area contributed by atoms with E-state index in [4.69, 9.17) is 13.9 Å². The minimum absolute atomic E-state index is 0.0380. The number of benzene rings is 1. The number of ether oxygens (including phenoxy) is 2. The molecule has 10 heteroatoms. The average molecular weight is 520 g/mol. The average Bonchev–Trinajstić information content (AvgIpc) is 3.73. The summed E-state index contributed by atoms with van der Waals surface area (Å²) in [5, 5.41) is 8.90. The van der Waals surface area contributed by atoms with Gasteiger partial charge in [-0.3, -0.25) is 9.59 Å². The van der Waals surface area contributed by atoms with Crippen LogP contribution < -0.4 is 14.4 Å². The molecule has 0 bridgehead atoms. The summed E-state index contributed by atoms with van der Waals surface area (Å²) < 4.78 is 16.1. The summed E-state index contributed by atoms with van der Waals surface area (Å²) in [5.74, 6) is 2.78. The highest BCUT2D eigenvalue weighted by atomic mass is 16.5. The predicted molar refractivity (Wildman–Crippen MR) is 141 cm³/mol. The lowest BCUT2D eigenvalue weighted by molar-refractivity contribution is -0.141. The summed E-state index contributed by atoms with van der Waals surface area (Å²) in [5.41, 5.74) is 1.62. The maximum Gasteiger partial charge on any atom is 0.242 e. The minimum atomic E-state index is -0.0395. The Labute approximate surface area is 222 Å².